The first-order valence-corrected chi connectivity index (χ1v) is 3.52. The number of hydrogen-bond acceptors (Lipinski definition) is 2. The molecule has 0 bridgehead atoms. The molecule has 0 aromatic carbocycles. The van der Waals surface area contributed by atoms with E-state index < -0.39 is 0 Å². The van der Waals surface area contributed by atoms with Crippen molar-refractivity contribution >= 4 is 5.82 Å². The zero-order chi connectivity index (χ0) is 7.56. The van der Waals surface area contributed by atoms with Gasteiger partial charge >= 0.3 is 0 Å². The summed E-state index contributed by atoms with van der Waals surface area (Å²) < 4.78 is 1.70. The van der Waals surface area contributed by atoms with Gasteiger partial charge in [0.05, 0.1) is 6.20 Å². The molecule has 0 aliphatic rings. The first-order valence-electron chi connectivity index (χ1n) is 3.52. The summed E-state index contributed by atoms with van der Waals surface area (Å²) in [6.45, 7) is 2.13. The van der Waals surface area contributed by atoms with Gasteiger partial charge in [0.2, 0.25) is 0 Å². The second-order valence-corrected chi connectivity index (χ2v) is 2.43. The molecule has 1 aromatic rings. The standard InChI is InChI=1S/C7H13N3/c1-3-4-6-5-9-10(2)7(6)8/h5H,3-4,8H2,1-2H3. The van der Waals surface area contributed by atoms with Crippen molar-refractivity contribution in [3.63, 3.8) is 0 Å². The fraction of sp³-hybridized carbons (Fsp3) is 0.571. The molecular weight excluding hydrogens is 126 g/mol. The van der Waals surface area contributed by atoms with E-state index in [4.69, 9.17) is 5.73 Å². The SMILES string of the molecule is CCCc1cnn(C)c1N. The second-order valence-electron chi connectivity index (χ2n) is 2.43. The van der Waals surface area contributed by atoms with Crippen molar-refractivity contribution in [2.45, 2.75) is 19.8 Å². The Kier molecular flexibility index (Phi) is 1.94. The lowest BCUT2D eigenvalue weighted by molar-refractivity contribution is 0.778. The molecule has 10 heavy (non-hydrogen) atoms. The van der Waals surface area contributed by atoms with Gasteiger partial charge in [0.25, 0.3) is 0 Å². The summed E-state index contributed by atoms with van der Waals surface area (Å²) in [5.74, 6) is 0.793. The number of nitrogen functional groups attached to an aromatic ring is 1. The van der Waals surface area contributed by atoms with E-state index in [0.717, 1.165) is 24.2 Å². The van der Waals surface area contributed by atoms with Gasteiger partial charge in [0.15, 0.2) is 0 Å². The van der Waals surface area contributed by atoms with Crippen LogP contribution in [0.2, 0.25) is 0 Å². The molecule has 56 valence electrons. The van der Waals surface area contributed by atoms with Gasteiger partial charge in [0.1, 0.15) is 5.82 Å². The minimum absolute atomic E-state index is 0.793. The summed E-state index contributed by atoms with van der Waals surface area (Å²) in [6, 6.07) is 0. The van der Waals surface area contributed by atoms with Crippen molar-refractivity contribution in [1.82, 2.24) is 9.78 Å². The molecule has 0 unspecified atom stereocenters. The van der Waals surface area contributed by atoms with E-state index >= 15 is 0 Å². The average Bonchev–Trinajstić information content (AvgIpc) is 2.20. The minimum Gasteiger partial charge on any atom is -0.384 e. The molecular formula is C7H13N3. The summed E-state index contributed by atoms with van der Waals surface area (Å²) in [7, 11) is 1.86. The summed E-state index contributed by atoms with van der Waals surface area (Å²) in [4.78, 5) is 0. The number of aromatic nitrogens is 2. The lowest BCUT2D eigenvalue weighted by atomic mass is 10.2. The van der Waals surface area contributed by atoms with Crippen molar-refractivity contribution in [1.29, 1.82) is 0 Å². The molecule has 0 atom stereocenters. The third-order valence-corrected chi connectivity index (χ3v) is 1.58. The zero-order valence-corrected chi connectivity index (χ0v) is 6.46. The second kappa shape index (κ2) is 2.73. The van der Waals surface area contributed by atoms with Crippen LogP contribution in [-0.4, -0.2) is 9.78 Å². The first kappa shape index (κ1) is 7.12. The molecule has 0 saturated heterocycles. The summed E-state index contributed by atoms with van der Waals surface area (Å²) in [5, 5.41) is 4.03. The summed E-state index contributed by atoms with van der Waals surface area (Å²) >= 11 is 0. The smallest absolute Gasteiger partial charge is 0.124 e. The van der Waals surface area contributed by atoms with Crippen molar-refractivity contribution in [2.75, 3.05) is 5.73 Å². The maximum absolute atomic E-state index is 5.69. The highest BCUT2D eigenvalue weighted by Crippen LogP contribution is 2.10. The number of nitrogens with zero attached hydrogens (tertiary/aromatic N) is 2. The molecule has 3 nitrogen and oxygen atoms in total. The van der Waals surface area contributed by atoms with Crippen LogP contribution in [0.5, 0.6) is 0 Å². The van der Waals surface area contributed by atoms with Gasteiger partial charge in [-0.1, -0.05) is 13.3 Å². The highest BCUT2D eigenvalue weighted by Gasteiger charge is 2.01. The van der Waals surface area contributed by atoms with Crippen LogP contribution >= 0.6 is 0 Å². The van der Waals surface area contributed by atoms with Gasteiger partial charge in [-0.25, -0.2) is 0 Å². The van der Waals surface area contributed by atoms with Gasteiger partial charge < -0.3 is 5.73 Å². The predicted octanol–water partition coefficient (Wildman–Crippen LogP) is 0.955. The predicted molar refractivity (Wildman–Crippen MR) is 41.6 cm³/mol. The maximum atomic E-state index is 5.69. The Morgan fingerprint density at radius 1 is 1.70 bits per heavy atom. The number of aryl methyl sites for hydroxylation is 2. The molecule has 1 rings (SSSR count). The van der Waals surface area contributed by atoms with Crippen LogP contribution in [0.25, 0.3) is 0 Å². The van der Waals surface area contributed by atoms with Crippen LogP contribution in [-0.2, 0) is 13.5 Å². The molecule has 2 N–H and O–H groups in total. The normalized spacial score (nSPS) is 10.2. The fourth-order valence-corrected chi connectivity index (χ4v) is 0.954. The molecule has 0 aliphatic carbocycles. The Morgan fingerprint density at radius 3 is 2.80 bits per heavy atom. The fourth-order valence-electron chi connectivity index (χ4n) is 0.954. The minimum atomic E-state index is 0.793. The highest BCUT2D eigenvalue weighted by molar-refractivity contribution is 5.38. The van der Waals surface area contributed by atoms with E-state index in [-0.39, 0.29) is 0 Å². The zero-order valence-electron chi connectivity index (χ0n) is 6.46. The van der Waals surface area contributed by atoms with Crippen molar-refractivity contribution in [2.24, 2.45) is 7.05 Å². The third kappa shape index (κ3) is 1.12. The van der Waals surface area contributed by atoms with Gasteiger partial charge in [0, 0.05) is 12.6 Å². The monoisotopic (exact) mass is 139 g/mol. The maximum Gasteiger partial charge on any atom is 0.124 e. The van der Waals surface area contributed by atoms with Crippen LogP contribution in [0.3, 0.4) is 0 Å². The Bertz CT molecular complexity index is 215. The number of hydrogen-bond donors (Lipinski definition) is 1. The molecule has 1 heterocycles. The van der Waals surface area contributed by atoms with E-state index in [1.54, 1.807) is 4.68 Å². The summed E-state index contributed by atoms with van der Waals surface area (Å²) in [5.41, 5.74) is 6.85. The quantitative estimate of drug-likeness (QED) is 0.663. The lowest BCUT2D eigenvalue weighted by Gasteiger charge is -1.95. The van der Waals surface area contributed by atoms with Crippen LogP contribution in [0.15, 0.2) is 6.20 Å². The van der Waals surface area contributed by atoms with E-state index in [1.807, 2.05) is 13.2 Å². The average molecular weight is 139 g/mol. The van der Waals surface area contributed by atoms with Gasteiger partial charge in [-0.15, -0.1) is 0 Å². The molecule has 1 aromatic heterocycles. The van der Waals surface area contributed by atoms with Gasteiger partial charge in [-0.2, -0.15) is 5.10 Å². The first-order chi connectivity index (χ1) is 4.75. The van der Waals surface area contributed by atoms with E-state index in [1.165, 1.54) is 0 Å². The van der Waals surface area contributed by atoms with Gasteiger partial charge in [-0.05, 0) is 6.42 Å². The molecule has 0 aliphatic heterocycles. The summed E-state index contributed by atoms with van der Waals surface area (Å²) in [6.07, 6.45) is 3.98. The van der Waals surface area contributed by atoms with Crippen LogP contribution < -0.4 is 5.73 Å². The number of nitrogens with two attached hydrogens (primary N) is 1. The van der Waals surface area contributed by atoms with Gasteiger partial charge in [-0.3, -0.25) is 4.68 Å². The topological polar surface area (TPSA) is 43.8 Å². The van der Waals surface area contributed by atoms with Crippen molar-refractivity contribution < 1.29 is 0 Å². The van der Waals surface area contributed by atoms with Crippen LogP contribution in [0.1, 0.15) is 18.9 Å². The van der Waals surface area contributed by atoms with E-state index in [0.29, 0.717) is 0 Å². The molecule has 0 spiro atoms. The van der Waals surface area contributed by atoms with Crippen LogP contribution in [0.4, 0.5) is 5.82 Å². The Morgan fingerprint density at radius 2 is 2.40 bits per heavy atom. The van der Waals surface area contributed by atoms with E-state index in [2.05, 4.69) is 12.0 Å². The van der Waals surface area contributed by atoms with E-state index in [9.17, 15) is 0 Å². The molecule has 0 saturated carbocycles. The lowest BCUT2D eigenvalue weighted by Crippen LogP contribution is -1.99. The molecule has 0 amide bonds. The number of anilines is 1. The molecule has 0 fully saturated rings. The third-order valence-electron chi connectivity index (χ3n) is 1.58. The highest BCUT2D eigenvalue weighted by atomic mass is 15.3. The Balaban J connectivity index is 2.83. The molecule has 0 radical (unpaired) electrons. The molecule has 3 heteroatoms. The Labute approximate surface area is 60.8 Å². The van der Waals surface area contributed by atoms with Crippen LogP contribution in [0, 0.1) is 0 Å². The van der Waals surface area contributed by atoms with Crippen molar-refractivity contribution in [3.05, 3.63) is 11.8 Å². The largest absolute Gasteiger partial charge is 0.384 e. The Hall–Kier alpha value is -0.990. The number of rotatable bonds is 2. The van der Waals surface area contributed by atoms with Crippen molar-refractivity contribution in [3.8, 4) is 0 Å².